The lowest BCUT2D eigenvalue weighted by molar-refractivity contribution is -0.929. The van der Waals surface area contributed by atoms with E-state index in [1.807, 2.05) is 6.92 Å². The van der Waals surface area contributed by atoms with Gasteiger partial charge in [-0.25, -0.2) is 8.42 Å². The van der Waals surface area contributed by atoms with Gasteiger partial charge in [-0.3, -0.25) is 0 Å². The molecule has 0 amide bonds. The second-order valence-corrected chi connectivity index (χ2v) is 6.78. The van der Waals surface area contributed by atoms with Gasteiger partial charge < -0.3 is 29.5 Å². The van der Waals surface area contributed by atoms with Crippen molar-refractivity contribution < 1.29 is 37.9 Å². The first-order chi connectivity index (χ1) is 11.2. The van der Waals surface area contributed by atoms with Crippen molar-refractivity contribution >= 4 is 10.1 Å². The highest BCUT2D eigenvalue weighted by Crippen LogP contribution is 2.08. The fraction of sp³-hybridized carbons (Fsp3) is 0.600. The topological polar surface area (TPSA) is 138 Å². The molecule has 0 unspecified atom stereocenters. The first-order valence-electron chi connectivity index (χ1n) is 7.56. The molecule has 0 bridgehead atoms. The maximum Gasteiger partial charge on any atom is 0.124 e. The quantitative estimate of drug-likeness (QED) is 0.314. The molecular weight excluding hydrogens is 338 g/mol. The SMILES string of the molecule is Cc1ccc(S(=O)(=O)[O-])cc1.OCC[N+](CCO)(CCO)CCO. The molecule has 8 nitrogen and oxygen atoms in total. The molecule has 0 saturated heterocycles. The van der Waals surface area contributed by atoms with E-state index in [0.29, 0.717) is 30.7 Å². The molecule has 24 heavy (non-hydrogen) atoms. The van der Waals surface area contributed by atoms with E-state index in [1.165, 1.54) is 12.1 Å². The zero-order valence-corrected chi connectivity index (χ0v) is 14.7. The molecule has 1 rings (SSSR count). The Bertz CT molecular complexity index is 516. The van der Waals surface area contributed by atoms with Gasteiger partial charge in [0, 0.05) is 0 Å². The van der Waals surface area contributed by atoms with Crippen LogP contribution in [0.1, 0.15) is 5.56 Å². The number of hydrogen-bond donors (Lipinski definition) is 4. The lowest BCUT2D eigenvalue weighted by Crippen LogP contribution is -2.54. The summed E-state index contributed by atoms with van der Waals surface area (Å²) >= 11 is 0. The number of benzene rings is 1. The molecule has 4 N–H and O–H groups in total. The Kier molecular flexibility index (Phi) is 11.0. The number of quaternary nitrogens is 1. The van der Waals surface area contributed by atoms with Gasteiger partial charge in [0.15, 0.2) is 0 Å². The average molecular weight is 365 g/mol. The van der Waals surface area contributed by atoms with Crippen molar-refractivity contribution in [1.29, 1.82) is 0 Å². The third kappa shape index (κ3) is 8.69. The number of rotatable bonds is 9. The average Bonchev–Trinajstić information content (AvgIpc) is 2.48. The molecule has 0 atom stereocenters. The first-order valence-corrected chi connectivity index (χ1v) is 8.96. The third-order valence-electron chi connectivity index (χ3n) is 3.61. The van der Waals surface area contributed by atoms with E-state index in [0.717, 1.165) is 5.56 Å². The molecule has 0 saturated carbocycles. The van der Waals surface area contributed by atoms with Gasteiger partial charge in [0.05, 0.1) is 31.3 Å². The molecule has 9 heteroatoms. The number of aliphatic hydroxyl groups is 4. The highest BCUT2D eigenvalue weighted by molar-refractivity contribution is 7.85. The van der Waals surface area contributed by atoms with Crippen LogP contribution < -0.4 is 0 Å². The van der Waals surface area contributed by atoms with Crippen molar-refractivity contribution in [3.8, 4) is 0 Å². The van der Waals surface area contributed by atoms with E-state index >= 15 is 0 Å². The maximum atomic E-state index is 10.4. The lowest BCUT2D eigenvalue weighted by Gasteiger charge is -2.36. The summed E-state index contributed by atoms with van der Waals surface area (Å²) in [6.45, 7) is 3.66. The third-order valence-corrected chi connectivity index (χ3v) is 4.46. The Morgan fingerprint density at radius 1 is 0.833 bits per heavy atom. The van der Waals surface area contributed by atoms with Crippen LogP contribution in [-0.4, -0.2) is 90.5 Å². The van der Waals surface area contributed by atoms with Crippen LogP contribution in [0, 0.1) is 6.92 Å². The predicted octanol–water partition coefficient (Wildman–Crippen LogP) is -1.33. The number of nitrogens with zero attached hydrogens (tertiary/aromatic N) is 1. The van der Waals surface area contributed by atoms with E-state index in [1.54, 1.807) is 12.1 Å². The molecule has 0 spiro atoms. The molecular formula is C15H27NO7S. The molecule has 140 valence electrons. The van der Waals surface area contributed by atoms with E-state index in [-0.39, 0.29) is 31.3 Å². The summed E-state index contributed by atoms with van der Waals surface area (Å²) in [5.74, 6) is 0. The summed E-state index contributed by atoms with van der Waals surface area (Å²) in [6.07, 6.45) is 0. The summed E-state index contributed by atoms with van der Waals surface area (Å²) in [5, 5.41) is 35.3. The van der Waals surface area contributed by atoms with Gasteiger partial charge in [0.1, 0.15) is 36.3 Å². The minimum atomic E-state index is -4.27. The standard InChI is InChI=1S/C8H20NO4.C7H8O3S/c10-5-1-9(2-6-11,3-7-12)4-8-13;1-6-2-4-7(5-3-6)11(8,9)10/h10-13H,1-8H2;2-5H,1H3,(H,8,9,10)/q+1;/p-1. The second kappa shape index (κ2) is 11.5. The highest BCUT2D eigenvalue weighted by Gasteiger charge is 2.24. The Morgan fingerprint density at radius 2 is 1.17 bits per heavy atom. The smallest absolute Gasteiger partial charge is 0.124 e. The molecule has 1 aromatic carbocycles. The minimum Gasteiger partial charge on any atom is -0.744 e. The summed E-state index contributed by atoms with van der Waals surface area (Å²) in [7, 11) is -4.27. The normalized spacial score (nSPS) is 11.8. The first kappa shape index (κ1) is 22.9. The zero-order valence-electron chi connectivity index (χ0n) is 13.8. The van der Waals surface area contributed by atoms with Gasteiger partial charge in [-0.05, 0) is 19.1 Å². The molecule has 1 aromatic rings. The van der Waals surface area contributed by atoms with E-state index < -0.39 is 10.1 Å². The predicted molar refractivity (Wildman–Crippen MR) is 87.2 cm³/mol. The van der Waals surface area contributed by atoms with E-state index in [9.17, 15) is 13.0 Å². The van der Waals surface area contributed by atoms with Crippen molar-refractivity contribution in [1.82, 2.24) is 0 Å². The Hall–Kier alpha value is -1.07. The van der Waals surface area contributed by atoms with Crippen molar-refractivity contribution in [3.63, 3.8) is 0 Å². The Morgan fingerprint density at radius 3 is 1.42 bits per heavy atom. The van der Waals surface area contributed by atoms with Crippen LogP contribution in [0.15, 0.2) is 29.2 Å². The molecule has 0 aromatic heterocycles. The van der Waals surface area contributed by atoms with Gasteiger partial charge >= 0.3 is 0 Å². The summed E-state index contributed by atoms with van der Waals surface area (Å²) in [6, 6.07) is 5.78. The van der Waals surface area contributed by atoms with Crippen LogP contribution in [0.2, 0.25) is 0 Å². The molecule has 0 fully saturated rings. The molecule has 0 radical (unpaired) electrons. The Balaban J connectivity index is 0.000000446. The van der Waals surface area contributed by atoms with Crippen molar-refractivity contribution in [2.75, 3.05) is 52.6 Å². The second-order valence-electron chi connectivity index (χ2n) is 5.40. The monoisotopic (exact) mass is 365 g/mol. The van der Waals surface area contributed by atoms with Crippen LogP contribution in [0.3, 0.4) is 0 Å². The van der Waals surface area contributed by atoms with Crippen LogP contribution in [0.4, 0.5) is 0 Å². The number of aliphatic hydroxyl groups excluding tert-OH is 4. The summed E-state index contributed by atoms with van der Waals surface area (Å²) in [5.41, 5.74) is 0.928. The van der Waals surface area contributed by atoms with Gasteiger partial charge in [-0.2, -0.15) is 0 Å². The van der Waals surface area contributed by atoms with Crippen LogP contribution >= 0.6 is 0 Å². The maximum absolute atomic E-state index is 10.4. The number of aryl methyl sites for hydroxylation is 1. The van der Waals surface area contributed by atoms with Crippen molar-refractivity contribution in [2.45, 2.75) is 11.8 Å². The van der Waals surface area contributed by atoms with Gasteiger partial charge in [-0.1, -0.05) is 17.7 Å². The summed E-state index contributed by atoms with van der Waals surface area (Å²) < 4.78 is 31.5. The van der Waals surface area contributed by atoms with Crippen LogP contribution in [0.25, 0.3) is 0 Å². The molecule has 0 aliphatic carbocycles. The van der Waals surface area contributed by atoms with Crippen molar-refractivity contribution in [3.05, 3.63) is 29.8 Å². The minimum absolute atomic E-state index is 0. The largest absolute Gasteiger partial charge is 0.744 e. The highest BCUT2D eigenvalue weighted by atomic mass is 32.2. The fourth-order valence-corrected chi connectivity index (χ4v) is 2.69. The number of hydrogen-bond acceptors (Lipinski definition) is 7. The summed E-state index contributed by atoms with van der Waals surface area (Å²) in [4.78, 5) is -0.178. The van der Waals surface area contributed by atoms with Gasteiger partial charge in [0.25, 0.3) is 0 Å². The van der Waals surface area contributed by atoms with Crippen molar-refractivity contribution in [2.24, 2.45) is 0 Å². The van der Waals surface area contributed by atoms with Crippen LogP contribution in [-0.2, 0) is 10.1 Å². The lowest BCUT2D eigenvalue weighted by atomic mass is 10.2. The zero-order chi connectivity index (χ0) is 18.6. The molecule has 0 aliphatic rings. The molecule has 0 heterocycles. The van der Waals surface area contributed by atoms with Gasteiger partial charge in [-0.15, -0.1) is 0 Å². The molecule has 0 aliphatic heterocycles. The Labute approximate surface area is 142 Å². The van der Waals surface area contributed by atoms with E-state index in [2.05, 4.69) is 0 Å². The van der Waals surface area contributed by atoms with E-state index in [4.69, 9.17) is 20.4 Å². The fourth-order valence-electron chi connectivity index (χ4n) is 2.22. The van der Waals surface area contributed by atoms with Gasteiger partial charge in [0.2, 0.25) is 0 Å². The van der Waals surface area contributed by atoms with Crippen LogP contribution in [0.5, 0.6) is 0 Å².